The van der Waals surface area contributed by atoms with Gasteiger partial charge in [-0.2, -0.15) is 0 Å². The van der Waals surface area contributed by atoms with E-state index < -0.39 is 13.9 Å². The van der Waals surface area contributed by atoms with Gasteiger partial charge in [0.15, 0.2) is 8.32 Å². The molecular formula is C15H30O2Si. The van der Waals surface area contributed by atoms with Crippen molar-refractivity contribution in [2.24, 2.45) is 11.8 Å². The first-order valence-electron chi connectivity index (χ1n) is 7.45. The van der Waals surface area contributed by atoms with Crippen molar-refractivity contribution in [1.29, 1.82) is 0 Å². The molecule has 0 saturated heterocycles. The van der Waals surface area contributed by atoms with Gasteiger partial charge in [-0.15, -0.1) is 0 Å². The highest BCUT2D eigenvalue weighted by atomic mass is 28.4. The number of hydrogen-bond acceptors (Lipinski definition) is 2. The Kier molecular flexibility index (Phi) is 3.49. The molecule has 2 nitrogen and oxygen atoms in total. The van der Waals surface area contributed by atoms with Crippen LogP contribution in [0.4, 0.5) is 0 Å². The Bertz CT molecular complexity index is 317. The van der Waals surface area contributed by atoms with Crippen molar-refractivity contribution in [3.8, 4) is 0 Å². The van der Waals surface area contributed by atoms with Crippen LogP contribution in [0.2, 0.25) is 18.1 Å². The zero-order chi connectivity index (χ0) is 13.8. The van der Waals surface area contributed by atoms with Gasteiger partial charge in [0.05, 0.1) is 5.60 Å². The van der Waals surface area contributed by atoms with E-state index in [1.807, 2.05) is 6.92 Å². The van der Waals surface area contributed by atoms with Gasteiger partial charge in [0.1, 0.15) is 0 Å². The smallest absolute Gasteiger partial charge is 0.192 e. The van der Waals surface area contributed by atoms with Gasteiger partial charge in [-0.25, -0.2) is 0 Å². The molecule has 0 aromatic heterocycles. The topological polar surface area (TPSA) is 29.5 Å². The molecule has 3 heteroatoms. The third kappa shape index (κ3) is 2.41. The quantitative estimate of drug-likeness (QED) is 0.770. The molecule has 2 aliphatic rings. The van der Waals surface area contributed by atoms with Crippen molar-refractivity contribution >= 4 is 8.32 Å². The molecule has 106 valence electrons. The highest BCUT2D eigenvalue weighted by Gasteiger charge is 2.52. The van der Waals surface area contributed by atoms with Crippen molar-refractivity contribution in [3.05, 3.63) is 0 Å². The minimum Gasteiger partial charge on any atom is -0.414 e. The molecule has 0 radical (unpaired) electrons. The van der Waals surface area contributed by atoms with Gasteiger partial charge >= 0.3 is 0 Å². The molecular weight excluding hydrogens is 240 g/mol. The molecule has 1 N–H and O–H groups in total. The van der Waals surface area contributed by atoms with Crippen LogP contribution in [0.3, 0.4) is 0 Å². The van der Waals surface area contributed by atoms with Crippen molar-refractivity contribution < 1.29 is 9.53 Å². The van der Waals surface area contributed by atoms with E-state index in [1.54, 1.807) is 0 Å². The number of hydrogen-bond donors (Lipinski definition) is 1. The Morgan fingerprint density at radius 3 is 2.33 bits per heavy atom. The van der Waals surface area contributed by atoms with Gasteiger partial charge in [-0.05, 0) is 62.6 Å². The summed E-state index contributed by atoms with van der Waals surface area (Å²) in [6, 6.07) is 0. The lowest BCUT2D eigenvalue weighted by molar-refractivity contribution is 0.0120. The van der Waals surface area contributed by atoms with Crippen LogP contribution in [0.5, 0.6) is 0 Å². The third-order valence-electron chi connectivity index (χ3n) is 5.79. The predicted molar refractivity (Wildman–Crippen MR) is 78.1 cm³/mol. The Hall–Kier alpha value is 0.137. The molecule has 0 bridgehead atoms. The molecule has 0 amide bonds. The van der Waals surface area contributed by atoms with E-state index >= 15 is 0 Å². The summed E-state index contributed by atoms with van der Waals surface area (Å²) in [4.78, 5) is 0. The Balaban J connectivity index is 2.05. The van der Waals surface area contributed by atoms with Crippen LogP contribution in [-0.2, 0) is 4.43 Å². The van der Waals surface area contributed by atoms with Crippen LogP contribution in [0.15, 0.2) is 0 Å². The van der Waals surface area contributed by atoms with E-state index in [2.05, 4.69) is 33.9 Å². The van der Waals surface area contributed by atoms with Gasteiger partial charge < -0.3 is 9.53 Å². The van der Waals surface area contributed by atoms with Crippen LogP contribution in [-0.4, -0.2) is 25.1 Å². The fourth-order valence-corrected chi connectivity index (χ4v) is 4.94. The van der Waals surface area contributed by atoms with Crippen LogP contribution in [0.1, 0.15) is 53.4 Å². The number of fused-ring (bicyclic) bond motifs is 1. The van der Waals surface area contributed by atoms with E-state index in [9.17, 15) is 5.11 Å². The lowest BCUT2D eigenvalue weighted by atomic mass is 9.89. The summed E-state index contributed by atoms with van der Waals surface area (Å²) in [5.74, 6) is 1.08. The predicted octanol–water partition coefficient (Wildman–Crippen LogP) is 3.95. The Morgan fingerprint density at radius 1 is 1.17 bits per heavy atom. The van der Waals surface area contributed by atoms with Gasteiger partial charge in [0, 0.05) is 6.10 Å². The first-order valence-corrected chi connectivity index (χ1v) is 10.4. The molecule has 18 heavy (non-hydrogen) atoms. The average Bonchev–Trinajstić information content (AvgIpc) is 2.68. The van der Waals surface area contributed by atoms with Crippen LogP contribution >= 0.6 is 0 Å². The zero-order valence-electron chi connectivity index (χ0n) is 12.9. The van der Waals surface area contributed by atoms with Crippen LogP contribution < -0.4 is 0 Å². The van der Waals surface area contributed by atoms with Gasteiger partial charge in [0.25, 0.3) is 0 Å². The van der Waals surface area contributed by atoms with Crippen molar-refractivity contribution in [3.63, 3.8) is 0 Å². The second kappa shape index (κ2) is 4.32. The SMILES string of the molecule is CC(C)(C)[Si](C)(C)O[C@H]1CC[C@@H]2[C@H]1CC[C@@]2(C)O. The molecule has 0 aromatic rings. The summed E-state index contributed by atoms with van der Waals surface area (Å²) < 4.78 is 6.60. The molecule has 2 saturated carbocycles. The Morgan fingerprint density at radius 2 is 1.78 bits per heavy atom. The second-order valence-electron chi connectivity index (χ2n) is 8.16. The summed E-state index contributed by atoms with van der Waals surface area (Å²) in [7, 11) is -1.66. The lowest BCUT2D eigenvalue weighted by Crippen LogP contribution is -2.45. The van der Waals surface area contributed by atoms with E-state index in [0.29, 0.717) is 17.9 Å². The highest BCUT2D eigenvalue weighted by Crippen LogP contribution is 2.52. The molecule has 2 rings (SSSR count). The summed E-state index contributed by atoms with van der Waals surface area (Å²) in [6.07, 6.45) is 4.82. The number of aliphatic hydroxyl groups is 1. The van der Waals surface area contributed by atoms with Crippen LogP contribution in [0, 0.1) is 11.8 Å². The second-order valence-corrected chi connectivity index (χ2v) is 12.9. The fourth-order valence-electron chi connectivity index (χ4n) is 3.54. The molecule has 4 atom stereocenters. The van der Waals surface area contributed by atoms with Crippen molar-refractivity contribution in [2.45, 2.75) is 83.2 Å². The first kappa shape index (κ1) is 14.5. The minimum absolute atomic E-state index is 0.284. The molecule has 0 unspecified atom stereocenters. The van der Waals surface area contributed by atoms with E-state index in [-0.39, 0.29) is 5.04 Å². The Labute approximate surface area is 113 Å². The average molecular weight is 270 g/mol. The highest BCUT2D eigenvalue weighted by molar-refractivity contribution is 6.74. The van der Waals surface area contributed by atoms with Crippen molar-refractivity contribution in [1.82, 2.24) is 0 Å². The first-order chi connectivity index (χ1) is 8.05. The normalized spacial score (nSPS) is 41.2. The summed E-state index contributed by atoms with van der Waals surface area (Å²) in [5, 5.41) is 10.7. The molecule has 0 heterocycles. The monoisotopic (exact) mass is 270 g/mol. The minimum atomic E-state index is -1.66. The van der Waals surface area contributed by atoms with E-state index in [0.717, 1.165) is 25.7 Å². The maximum absolute atomic E-state index is 10.4. The largest absolute Gasteiger partial charge is 0.414 e. The standard InChI is InChI=1S/C15H30O2Si/c1-14(2,3)18(5,6)17-13-8-7-12-11(13)9-10-15(12,4)16/h11-13,16H,7-10H2,1-6H3/t11-,12-,13+,15-/m1/s1. The van der Waals surface area contributed by atoms with Crippen molar-refractivity contribution in [2.75, 3.05) is 0 Å². The summed E-state index contributed by atoms with van der Waals surface area (Å²) >= 11 is 0. The molecule has 0 spiro atoms. The fraction of sp³-hybridized carbons (Fsp3) is 1.00. The van der Waals surface area contributed by atoms with E-state index in [4.69, 9.17) is 4.43 Å². The zero-order valence-corrected chi connectivity index (χ0v) is 13.9. The maximum Gasteiger partial charge on any atom is 0.192 e. The summed E-state index contributed by atoms with van der Waals surface area (Å²) in [5.41, 5.74) is -0.434. The number of rotatable bonds is 2. The summed E-state index contributed by atoms with van der Waals surface area (Å²) in [6.45, 7) is 13.6. The molecule has 2 aliphatic carbocycles. The van der Waals surface area contributed by atoms with Gasteiger partial charge in [-0.1, -0.05) is 20.8 Å². The molecule has 0 aromatic carbocycles. The lowest BCUT2D eigenvalue weighted by Gasteiger charge is -2.40. The molecule has 0 aliphatic heterocycles. The van der Waals surface area contributed by atoms with Crippen LogP contribution in [0.25, 0.3) is 0 Å². The molecule has 2 fully saturated rings. The van der Waals surface area contributed by atoms with Gasteiger partial charge in [0.2, 0.25) is 0 Å². The van der Waals surface area contributed by atoms with Gasteiger partial charge in [-0.3, -0.25) is 0 Å². The maximum atomic E-state index is 10.4. The third-order valence-corrected chi connectivity index (χ3v) is 10.3. The van der Waals surface area contributed by atoms with E-state index in [1.165, 1.54) is 0 Å².